The molecular weight excluding hydrogens is 85.0 g/mol. The Morgan fingerprint density at radius 3 is 1.83 bits per heavy atom. The van der Waals surface area contributed by atoms with E-state index in [0.29, 0.717) is 0 Å². The monoisotopic (exact) mass is 91.0 g/mol. The Bertz CT molecular complexity index is 68.2. The maximum absolute atomic E-state index is 2.86. The van der Waals surface area contributed by atoms with Gasteiger partial charge in [-0.2, -0.15) is 0 Å². The first-order valence-corrected chi connectivity index (χ1v) is 1.58. The summed E-state index contributed by atoms with van der Waals surface area (Å²) in [5.74, 6) is 0. The van der Waals surface area contributed by atoms with E-state index >= 15 is 0 Å². The van der Waals surface area contributed by atoms with Crippen molar-refractivity contribution in [2.45, 2.75) is 0 Å². The molecule has 1 heterocycles. The number of H-pyrrole nitrogens is 1. The maximum atomic E-state index is 2.86. The molecular formula is C4H6NNa. The number of hydrogen-bond acceptors (Lipinski definition) is 0. The maximum Gasteiger partial charge on any atom is 1.00 e. The molecule has 1 rings (SSSR count). The second-order valence-corrected chi connectivity index (χ2v) is 0.885. The quantitative estimate of drug-likeness (QED) is 0.360. The fraction of sp³-hybridized carbons (Fsp3) is 0. The minimum absolute atomic E-state index is 0. The summed E-state index contributed by atoms with van der Waals surface area (Å²) in [6.45, 7) is 0. The van der Waals surface area contributed by atoms with Crippen molar-refractivity contribution in [1.29, 1.82) is 0 Å². The van der Waals surface area contributed by atoms with Crippen LogP contribution in [-0.2, 0) is 0 Å². The summed E-state index contributed by atoms with van der Waals surface area (Å²) in [5.41, 5.74) is 0. The summed E-state index contributed by atoms with van der Waals surface area (Å²) in [4.78, 5) is 2.86. The molecule has 0 saturated carbocycles. The summed E-state index contributed by atoms with van der Waals surface area (Å²) >= 11 is 0. The Labute approximate surface area is 60.5 Å². The van der Waals surface area contributed by atoms with Crippen LogP contribution in [0.1, 0.15) is 1.43 Å². The van der Waals surface area contributed by atoms with Gasteiger partial charge >= 0.3 is 29.6 Å². The fourth-order valence-electron chi connectivity index (χ4n) is 0.278. The molecule has 0 aliphatic carbocycles. The van der Waals surface area contributed by atoms with Crippen molar-refractivity contribution in [1.82, 2.24) is 4.98 Å². The first-order chi connectivity index (χ1) is 2.50. The molecule has 0 spiro atoms. The Kier molecular flexibility index (Phi) is 3.63. The van der Waals surface area contributed by atoms with Gasteiger partial charge in [0.2, 0.25) is 0 Å². The van der Waals surface area contributed by atoms with Crippen LogP contribution >= 0.6 is 0 Å². The second-order valence-electron chi connectivity index (χ2n) is 0.885. The average Bonchev–Trinajstić information content (AvgIpc) is 1.76. The van der Waals surface area contributed by atoms with E-state index in [1.807, 2.05) is 24.5 Å². The van der Waals surface area contributed by atoms with E-state index in [-0.39, 0.29) is 31.0 Å². The van der Waals surface area contributed by atoms with Crippen LogP contribution in [0.4, 0.5) is 0 Å². The van der Waals surface area contributed by atoms with Crippen LogP contribution < -0.4 is 29.6 Å². The molecule has 6 heavy (non-hydrogen) atoms. The summed E-state index contributed by atoms with van der Waals surface area (Å²) < 4.78 is 0. The van der Waals surface area contributed by atoms with E-state index in [0.717, 1.165) is 0 Å². The minimum Gasteiger partial charge on any atom is -1.00 e. The molecule has 1 aromatic heterocycles. The van der Waals surface area contributed by atoms with Crippen LogP contribution in [0.25, 0.3) is 0 Å². The van der Waals surface area contributed by atoms with Gasteiger partial charge in [-0.3, -0.25) is 0 Å². The average molecular weight is 91.1 g/mol. The molecule has 1 N–H and O–H groups in total. The van der Waals surface area contributed by atoms with Crippen LogP contribution in [0.3, 0.4) is 0 Å². The van der Waals surface area contributed by atoms with Crippen LogP contribution in [0.2, 0.25) is 0 Å². The zero-order chi connectivity index (χ0) is 3.54. The molecule has 2 heteroatoms. The molecule has 0 radical (unpaired) electrons. The van der Waals surface area contributed by atoms with Gasteiger partial charge in [-0.05, 0) is 12.1 Å². The number of nitrogens with one attached hydrogen (secondary N) is 1. The predicted molar refractivity (Wildman–Crippen MR) is 21.9 cm³/mol. The van der Waals surface area contributed by atoms with Gasteiger partial charge in [-0.15, -0.1) is 0 Å². The summed E-state index contributed by atoms with van der Waals surface area (Å²) in [5, 5.41) is 0. The molecule has 0 aromatic carbocycles. The third-order valence-electron chi connectivity index (χ3n) is 0.496. The van der Waals surface area contributed by atoms with Gasteiger partial charge in [0.15, 0.2) is 0 Å². The van der Waals surface area contributed by atoms with E-state index in [1.165, 1.54) is 0 Å². The Balaban J connectivity index is 0. The third-order valence-corrected chi connectivity index (χ3v) is 0.496. The zero-order valence-corrected chi connectivity index (χ0v) is 5.81. The van der Waals surface area contributed by atoms with Crippen molar-refractivity contribution in [3.8, 4) is 0 Å². The van der Waals surface area contributed by atoms with Crippen LogP contribution in [0, 0.1) is 0 Å². The largest absolute Gasteiger partial charge is 1.00 e. The van der Waals surface area contributed by atoms with E-state index in [4.69, 9.17) is 0 Å². The van der Waals surface area contributed by atoms with Gasteiger partial charge < -0.3 is 6.41 Å². The van der Waals surface area contributed by atoms with E-state index in [2.05, 4.69) is 4.98 Å². The number of rotatable bonds is 0. The standard InChI is InChI=1S/C4H5N.Na.H/c1-2-4-5-3-1;;/h1-5H;;/q;+1;-1. The van der Waals surface area contributed by atoms with Gasteiger partial charge in [0.25, 0.3) is 0 Å². The van der Waals surface area contributed by atoms with Crippen LogP contribution in [0.15, 0.2) is 24.5 Å². The molecule has 0 bridgehead atoms. The van der Waals surface area contributed by atoms with E-state index in [9.17, 15) is 0 Å². The molecule has 0 atom stereocenters. The molecule has 1 aromatic rings. The molecule has 0 saturated heterocycles. The van der Waals surface area contributed by atoms with Crippen molar-refractivity contribution in [3.05, 3.63) is 24.5 Å². The molecule has 28 valence electrons. The van der Waals surface area contributed by atoms with Crippen molar-refractivity contribution in [2.24, 2.45) is 0 Å². The SMILES string of the molecule is [H-].[Na+].c1cc[nH]c1. The minimum atomic E-state index is 0. The first-order valence-electron chi connectivity index (χ1n) is 1.58. The first kappa shape index (κ1) is 6.28. The fourth-order valence-corrected chi connectivity index (χ4v) is 0.278. The molecule has 0 aliphatic heterocycles. The second kappa shape index (κ2) is 3.47. The smallest absolute Gasteiger partial charge is 1.00 e. The molecule has 1 nitrogen and oxygen atoms in total. The summed E-state index contributed by atoms with van der Waals surface area (Å²) in [6, 6.07) is 3.89. The van der Waals surface area contributed by atoms with Crippen molar-refractivity contribution in [3.63, 3.8) is 0 Å². The molecule has 0 amide bonds. The third kappa shape index (κ3) is 1.65. The van der Waals surface area contributed by atoms with Gasteiger partial charge in [-0.1, -0.05) is 0 Å². The van der Waals surface area contributed by atoms with Crippen LogP contribution in [0.5, 0.6) is 0 Å². The van der Waals surface area contributed by atoms with Crippen molar-refractivity contribution >= 4 is 0 Å². The molecule has 0 fully saturated rings. The van der Waals surface area contributed by atoms with Crippen molar-refractivity contribution in [2.75, 3.05) is 0 Å². The van der Waals surface area contributed by atoms with Gasteiger partial charge in [0, 0.05) is 12.4 Å². The zero-order valence-electron chi connectivity index (χ0n) is 4.81. The van der Waals surface area contributed by atoms with Gasteiger partial charge in [-0.25, -0.2) is 0 Å². The Morgan fingerprint density at radius 2 is 1.67 bits per heavy atom. The summed E-state index contributed by atoms with van der Waals surface area (Å²) in [6.07, 6.45) is 3.75. The number of aromatic nitrogens is 1. The predicted octanol–water partition coefficient (Wildman–Crippen LogP) is -1.87. The molecule has 0 aliphatic rings. The Morgan fingerprint density at radius 1 is 1.17 bits per heavy atom. The molecule has 0 unspecified atom stereocenters. The van der Waals surface area contributed by atoms with Crippen LogP contribution in [-0.4, -0.2) is 4.98 Å². The topological polar surface area (TPSA) is 15.8 Å². The normalized spacial score (nSPS) is 6.67. The van der Waals surface area contributed by atoms with Crippen molar-refractivity contribution < 1.29 is 31.0 Å². The Hall–Kier alpha value is 0.280. The number of aromatic amines is 1. The van der Waals surface area contributed by atoms with E-state index < -0.39 is 0 Å². The van der Waals surface area contributed by atoms with Gasteiger partial charge in [0.05, 0.1) is 0 Å². The van der Waals surface area contributed by atoms with E-state index in [1.54, 1.807) is 0 Å². The van der Waals surface area contributed by atoms with Gasteiger partial charge in [0.1, 0.15) is 0 Å². The number of hydrogen-bond donors (Lipinski definition) is 1. The summed E-state index contributed by atoms with van der Waals surface area (Å²) in [7, 11) is 0.